The number of hydrogen-bond acceptors (Lipinski definition) is 2. The molecule has 1 atom stereocenters. The SMILES string of the molecule is CCCCCCCCC(CCCCCCC)S([NH])(=O)=O. The van der Waals surface area contributed by atoms with E-state index in [0.29, 0.717) is 12.8 Å². The van der Waals surface area contributed by atoms with Gasteiger partial charge in [0.15, 0.2) is 0 Å². The van der Waals surface area contributed by atoms with Crippen molar-refractivity contribution in [2.45, 2.75) is 103 Å². The first-order valence-electron chi connectivity index (χ1n) is 8.50. The van der Waals surface area contributed by atoms with E-state index in [2.05, 4.69) is 13.8 Å². The summed E-state index contributed by atoms with van der Waals surface area (Å²) in [6.07, 6.45) is 14.1. The van der Waals surface area contributed by atoms with E-state index in [-0.39, 0.29) is 0 Å². The average Bonchev–Trinajstić information content (AvgIpc) is 2.38. The van der Waals surface area contributed by atoms with Gasteiger partial charge in [-0.1, -0.05) is 84.5 Å². The zero-order valence-corrected chi connectivity index (χ0v) is 14.3. The van der Waals surface area contributed by atoms with Crippen LogP contribution in [0.25, 0.3) is 0 Å². The highest BCUT2D eigenvalue weighted by molar-refractivity contribution is 7.89. The van der Waals surface area contributed by atoms with E-state index in [1.807, 2.05) is 0 Å². The van der Waals surface area contributed by atoms with E-state index in [4.69, 9.17) is 5.14 Å². The lowest BCUT2D eigenvalue weighted by Crippen LogP contribution is -2.21. The van der Waals surface area contributed by atoms with Crippen LogP contribution < -0.4 is 5.14 Å². The zero-order valence-electron chi connectivity index (χ0n) is 13.5. The standard InChI is InChI=1S/C16H34NO2S/c1-3-5-7-9-11-13-15-16(20(17,18)19)14-12-10-8-6-4-2/h16-17H,3-15H2,1-2H3. The second-order valence-corrected chi connectivity index (χ2v) is 7.68. The van der Waals surface area contributed by atoms with Gasteiger partial charge in [0.2, 0.25) is 10.0 Å². The van der Waals surface area contributed by atoms with Gasteiger partial charge in [-0.15, -0.1) is 5.14 Å². The van der Waals surface area contributed by atoms with Gasteiger partial charge in [0.05, 0.1) is 5.25 Å². The molecule has 3 nitrogen and oxygen atoms in total. The minimum Gasteiger partial charge on any atom is -0.211 e. The second-order valence-electron chi connectivity index (χ2n) is 5.93. The zero-order chi connectivity index (χ0) is 15.3. The molecule has 0 aliphatic rings. The lowest BCUT2D eigenvalue weighted by Gasteiger charge is -2.14. The molecule has 20 heavy (non-hydrogen) atoms. The largest absolute Gasteiger partial charge is 0.228 e. The molecule has 0 saturated carbocycles. The lowest BCUT2D eigenvalue weighted by atomic mass is 10.0. The fraction of sp³-hybridized carbons (Fsp3) is 1.00. The van der Waals surface area contributed by atoms with Crippen molar-refractivity contribution in [3.05, 3.63) is 0 Å². The Balaban J connectivity index is 3.81. The van der Waals surface area contributed by atoms with Gasteiger partial charge in [0.25, 0.3) is 0 Å². The topological polar surface area (TPSA) is 57.9 Å². The van der Waals surface area contributed by atoms with E-state index in [0.717, 1.165) is 25.7 Å². The average molecular weight is 305 g/mol. The van der Waals surface area contributed by atoms with Gasteiger partial charge in [-0.25, -0.2) is 8.42 Å². The van der Waals surface area contributed by atoms with Crippen molar-refractivity contribution in [3.63, 3.8) is 0 Å². The Morgan fingerprint density at radius 1 is 0.700 bits per heavy atom. The third-order valence-electron chi connectivity index (χ3n) is 3.95. The van der Waals surface area contributed by atoms with Gasteiger partial charge in [-0.2, -0.15) is 0 Å². The smallest absolute Gasteiger partial charge is 0.211 e. The molecule has 0 aromatic carbocycles. The number of rotatable bonds is 14. The molecule has 0 aliphatic carbocycles. The Kier molecular flexibility index (Phi) is 12.6. The van der Waals surface area contributed by atoms with Crippen LogP contribution >= 0.6 is 0 Å². The van der Waals surface area contributed by atoms with Crippen LogP contribution in [0.1, 0.15) is 97.3 Å². The summed E-state index contributed by atoms with van der Waals surface area (Å²) >= 11 is 0. The van der Waals surface area contributed by atoms with Crippen molar-refractivity contribution in [3.8, 4) is 0 Å². The van der Waals surface area contributed by atoms with E-state index in [1.165, 1.54) is 44.9 Å². The number of hydrogen-bond donors (Lipinski definition) is 0. The van der Waals surface area contributed by atoms with Crippen LogP contribution in [0.5, 0.6) is 0 Å². The summed E-state index contributed by atoms with van der Waals surface area (Å²) in [5.41, 5.74) is 0. The molecule has 0 aromatic rings. The van der Waals surface area contributed by atoms with Crippen LogP contribution in [-0.4, -0.2) is 13.7 Å². The van der Waals surface area contributed by atoms with Crippen molar-refractivity contribution in [2.75, 3.05) is 0 Å². The van der Waals surface area contributed by atoms with Crippen molar-refractivity contribution < 1.29 is 8.42 Å². The highest BCUT2D eigenvalue weighted by Gasteiger charge is 2.20. The van der Waals surface area contributed by atoms with Crippen molar-refractivity contribution in [1.82, 2.24) is 5.14 Å². The molecule has 0 heterocycles. The van der Waals surface area contributed by atoms with Crippen molar-refractivity contribution in [1.29, 1.82) is 0 Å². The molecule has 0 aliphatic heterocycles. The maximum atomic E-state index is 11.5. The van der Waals surface area contributed by atoms with Crippen molar-refractivity contribution >= 4 is 10.0 Å². The van der Waals surface area contributed by atoms with Crippen molar-refractivity contribution in [2.24, 2.45) is 0 Å². The number of sulfonamides is 1. The molecule has 4 heteroatoms. The van der Waals surface area contributed by atoms with Crippen LogP contribution in [0.3, 0.4) is 0 Å². The number of nitrogens with one attached hydrogen (secondary N) is 1. The Bertz CT molecular complexity index is 302. The summed E-state index contributed by atoms with van der Waals surface area (Å²) < 4.78 is 23.0. The molecule has 121 valence electrons. The Labute approximate surface area is 126 Å². The summed E-state index contributed by atoms with van der Waals surface area (Å²) in [6.45, 7) is 4.37. The quantitative estimate of drug-likeness (QED) is 0.420. The highest BCUT2D eigenvalue weighted by Crippen LogP contribution is 2.18. The molecule has 0 rings (SSSR count). The normalized spacial score (nSPS) is 13.6. The second kappa shape index (κ2) is 12.6. The summed E-state index contributed by atoms with van der Waals surface area (Å²) in [4.78, 5) is 0. The Morgan fingerprint density at radius 2 is 1.05 bits per heavy atom. The van der Waals surface area contributed by atoms with Gasteiger partial charge in [0.1, 0.15) is 0 Å². The third kappa shape index (κ3) is 11.7. The van der Waals surface area contributed by atoms with E-state index < -0.39 is 15.3 Å². The molecule has 0 saturated heterocycles. The molecule has 0 fully saturated rings. The van der Waals surface area contributed by atoms with Gasteiger partial charge >= 0.3 is 0 Å². The molecular formula is C16H34NO2S. The van der Waals surface area contributed by atoms with E-state index >= 15 is 0 Å². The molecule has 1 unspecified atom stereocenters. The summed E-state index contributed by atoms with van der Waals surface area (Å²) in [6, 6.07) is 0. The van der Waals surface area contributed by atoms with Crippen LogP contribution in [0.4, 0.5) is 0 Å². The van der Waals surface area contributed by atoms with Crippen LogP contribution in [0.15, 0.2) is 0 Å². The van der Waals surface area contributed by atoms with E-state index in [1.54, 1.807) is 0 Å². The highest BCUT2D eigenvalue weighted by atomic mass is 32.2. The fourth-order valence-electron chi connectivity index (χ4n) is 2.58. The molecule has 0 bridgehead atoms. The summed E-state index contributed by atoms with van der Waals surface area (Å²) in [5, 5.41) is 6.90. The predicted molar refractivity (Wildman–Crippen MR) is 87.2 cm³/mol. The first-order chi connectivity index (χ1) is 9.52. The summed E-state index contributed by atoms with van der Waals surface area (Å²) in [7, 11) is -3.61. The molecular weight excluding hydrogens is 270 g/mol. The van der Waals surface area contributed by atoms with Gasteiger partial charge in [0, 0.05) is 0 Å². The first-order valence-corrected chi connectivity index (χ1v) is 10.1. The van der Waals surface area contributed by atoms with Crippen LogP contribution in [-0.2, 0) is 10.0 Å². The van der Waals surface area contributed by atoms with Crippen LogP contribution in [0, 0.1) is 0 Å². The molecule has 0 amide bonds. The Morgan fingerprint density at radius 3 is 1.40 bits per heavy atom. The van der Waals surface area contributed by atoms with E-state index in [9.17, 15) is 8.42 Å². The minimum atomic E-state index is -3.61. The predicted octanol–water partition coefficient (Wildman–Crippen LogP) is 5.08. The monoisotopic (exact) mass is 304 g/mol. The van der Waals surface area contributed by atoms with Gasteiger partial charge in [-0.05, 0) is 12.8 Å². The molecule has 1 N–H and O–H groups in total. The Hall–Kier alpha value is -0.0900. The first kappa shape index (κ1) is 19.9. The maximum Gasteiger partial charge on any atom is 0.228 e. The van der Waals surface area contributed by atoms with Gasteiger partial charge < -0.3 is 0 Å². The molecule has 0 aromatic heterocycles. The minimum absolute atomic E-state index is 0.421. The summed E-state index contributed by atoms with van der Waals surface area (Å²) in [5.74, 6) is 0. The van der Waals surface area contributed by atoms with Gasteiger partial charge in [-0.3, -0.25) is 0 Å². The maximum absolute atomic E-state index is 11.5. The number of unbranched alkanes of at least 4 members (excludes halogenated alkanes) is 9. The fourth-order valence-corrected chi connectivity index (χ4v) is 3.54. The third-order valence-corrected chi connectivity index (χ3v) is 5.30. The van der Waals surface area contributed by atoms with Crippen LogP contribution in [0.2, 0.25) is 0 Å². The molecule has 1 radical (unpaired) electrons. The molecule has 0 spiro atoms. The lowest BCUT2D eigenvalue weighted by molar-refractivity contribution is 0.514.